The molecule has 0 N–H and O–H groups in total. The molecule has 2 aliphatic heterocycles. The quantitative estimate of drug-likeness (QED) is 0.675. The minimum Gasteiger partial charge on any atom is -0.193 e. The van der Waals surface area contributed by atoms with Crippen molar-refractivity contribution in [3.05, 3.63) is 70.8 Å². The van der Waals surface area contributed by atoms with Crippen molar-refractivity contribution in [1.82, 2.24) is 0 Å². The van der Waals surface area contributed by atoms with Crippen molar-refractivity contribution >= 4 is 0 Å². The summed E-state index contributed by atoms with van der Waals surface area (Å²) in [5.41, 5.74) is 3.61. The molecule has 5 rings (SSSR count). The summed E-state index contributed by atoms with van der Waals surface area (Å²) in [4.78, 5) is 11.4. The van der Waals surface area contributed by atoms with Crippen molar-refractivity contribution in [3.63, 3.8) is 0 Å². The monoisotopic (exact) mass is 282 g/mol. The van der Waals surface area contributed by atoms with E-state index in [9.17, 15) is 0 Å². The van der Waals surface area contributed by atoms with Crippen LogP contribution in [-0.2, 0) is 20.4 Å². The van der Waals surface area contributed by atoms with Gasteiger partial charge in [-0.2, -0.15) is 9.78 Å². The highest BCUT2D eigenvalue weighted by atomic mass is 17.5. The van der Waals surface area contributed by atoms with Gasteiger partial charge in [-0.15, -0.1) is 0 Å². The molecule has 0 radical (unpaired) electrons. The maximum atomic E-state index is 5.88. The first-order chi connectivity index (χ1) is 10.1. The van der Waals surface area contributed by atoms with Gasteiger partial charge in [-0.05, 0) is 22.3 Å². The van der Waals surface area contributed by atoms with Gasteiger partial charge in [0.05, 0.1) is 0 Å². The van der Waals surface area contributed by atoms with Crippen molar-refractivity contribution in [2.24, 2.45) is 5.41 Å². The van der Waals surface area contributed by atoms with E-state index in [4.69, 9.17) is 14.8 Å². The average Bonchev–Trinajstić information content (AvgIpc) is 2.75. The maximum absolute atomic E-state index is 5.88. The van der Waals surface area contributed by atoms with Gasteiger partial charge in [0.1, 0.15) is 6.10 Å². The molecule has 3 heteroatoms. The highest BCUT2D eigenvalue weighted by Crippen LogP contribution is 2.57. The van der Waals surface area contributed by atoms with Crippen LogP contribution >= 0.6 is 0 Å². The molecule has 3 nitrogen and oxygen atoms in total. The maximum Gasteiger partial charge on any atom is 0.162 e. The first kappa shape index (κ1) is 13.0. The lowest BCUT2D eigenvalue weighted by molar-refractivity contribution is -0.550. The van der Waals surface area contributed by atoms with E-state index in [1.165, 1.54) is 0 Å². The van der Waals surface area contributed by atoms with Gasteiger partial charge in [-0.1, -0.05) is 74.3 Å². The summed E-state index contributed by atoms with van der Waals surface area (Å²) < 4.78 is 0. The Morgan fingerprint density at radius 2 is 1.38 bits per heavy atom. The SMILES string of the molecule is CC(C)(C)C12OOOC(c3ccccc31)c1ccccc12. The first-order valence-corrected chi connectivity index (χ1v) is 7.26. The number of fused-ring (bicyclic) bond motifs is 2. The standard InChI is InChI=1S/C18H18O3/c1-17(2,3)18-14-10-6-4-8-12(14)16(19-21-20-18)13-9-5-7-11-15(13)18/h4-11,16H,1-3H3. The second kappa shape index (κ2) is 4.17. The Morgan fingerprint density at radius 3 is 1.90 bits per heavy atom. The van der Waals surface area contributed by atoms with Gasteiger partial charge in [0.2, 0.25) is 0 Å². The molecule has 21 heavy (non-hydrogen) atoms. The molecule has 0 spiro atoms. The van der Waals surface area contributed by atoms with E-state index in [1.807, 2.05) is 24.3 Å². The van der Waals surface area contributed by atoms with Crippen molar-refractivity contribution in [3.8, 4) is 0 Å². The van der Waals surface area contributed by atoms with Crippen LogP contribution in [0.25, 0.3) is 0 Å². The Balaban J connectivity index is 2.14. The molecule has 0 fully saturated rings. The first-order valence-electron chi connectivity index (χ1n) is 7.26. The molecule has 0 unspecified atom stereocenters. The van der Waals surface area contributed by atoms with Crippen LogP contribution in [0, 0.1) is 5.41 Å². The lowest BCUT2D eigenvalue weighted by Gasteiger charge is -2.45. The summed E-state index contributed by atoms with van der Waals surface area (Å²) in [6, 6.07) is 16.5. The average molecular weight is 282 g/mol. The molecule has 1 aliphatic carbocycles. The van der Waals surface area contributed by atoms with Crippen LogP contribution in [0.1, 0.15) is 49.1 Å². The van der Waals surface area contributed by atoms with Crippen LogP contribution in [0.4, 0.5) is 0 Å². The molecule has 0 aromatic heterocycles. The molecular formula is C18H18O3. The number of rotatable bonds is 0. The van der Waals surface area contributed by atoms with Crippen molar-refractivity contribution in [1.29, 1.82) is 0 Å². The van der Waals surface area contributed by atoms with Gasteiger partial charge in [0, 0.05) is 5.41 Å². The largest absolute Gasteiger partial charge is 0.193 e. The van der Waals surface area contributed by atoms with Gasteiger partial charge in [-0.3, -0.25) is 0 Å². The molecule has 2 heterocycles. The minimum atomic E-state index is -0.673. The van der Waals surface area contributed by atoms with E-state index >= 15 is 0 Å². The summed E-state index contributed by atoms with van der Waals surface area (Å²) in [6.45, 7) is 6.49. The van der Waals surface area contributed by atoms with Crippen LogP contribution in [0.15, 0.2) is 48.5 Å². The van der Waals surface area contributed by atoms with Crippen molar-refractivity contribution in [2.75, 3.05) is 0 Å². The topological polar surface area (TPSA) is 27.7 Å². The Hall–Kier alpha value is -1.68. The fourth-order valence-electron chi connectivity index (χ4n) is 3.64. The third-order valence-electron chi connectivity index (χ3n) is 4.60. The second-order valence-corrected chi connectivity index (χ2v) is 6.73. The van der Waals surface area contributed by atoms with E-state index in [-0.39, 0.29) is 11.5 Å². The van der Waals surface area contributed by atoms with Gasteiger partial charge < -0.3 is 0 Å². The zero-order chi connectivity index (χ0) is 14.7. The van der Waals surface area contributed by atoms with E-state index < -0.39 is 5.60 Å². The summed E-state index contributed by atoms with van der Waals surface area (Å²) in [5.74, 6) is 0. The molecule has 0 saturated carbocycles. The molecular weight excluding hydrogens is 264 g/mol. The summed E-state index contributed by atoms with van der Waals surface area (Å²) >= 11 is 0. The third-order valence-corrected chi connectivity index (χ3v) is 4.60. The lowest BCUT2D eigenvalue weighted by Crippen LogP contribution is -2.45. The molecule has 0 saturated heterocycles. The number of hydrogen-bond donors (Lipinski definition) is 0. The molecule has 108 valence electrons. The second-order valence-electron chi connectivity index (χ2n) is 6.73. The molecule has 2 bridgehead atoms. The Morgan fingerprint density at radius 1 is 0.857 bits per heavy atom. The Bertz CT molecular complexity index is 652. The molecule has 0 atom stereocenters. The number of benzene rings is 2. The van der Waals surface area contributed by atoms with Crippen LogP contribution in [0.2, 0.25) is 0 Å². The summed E-state index contributed by atoms with van der Waals surface area (Å²) in [7, 11) is 0. The zero-order valence-corrected chi connectivity index (χ0v) is 12.4. The zero-order valence-electron chi connectivity index (χ0n) is 12.4. The van der Waals surface area contributed by atoms with E-state index in [2.05, 4.69) is 45.0 Å². The van der Waals surface area contributed by atoms with E-state index in [0.29, 0.717) is 0 Å². The lowest BCUT2D eigenvalue weighted by atomic mass is 9.62. The normalized spacial score (nSPS) is 26.9. The van der Waals surface area contributed by atoms with Crippen LogP contribution in [0.3, 0.4) is 0 Å². The molecule has 2 aromatic carbocycles. The Kier molecular flexibility index (Phi) is 2.58. The molecule has 2 aromatic rings. The van der Waals surface area contributed by atoms with Gasteiger partial charge >= 0.3 is 0 Å². The minimum absolute atomic E-state index is 0.197. The van der Waals surface area contributed by atoms with E-state index in [0.717, 1.165) is 22.3 Å². The fourth-order valence-corrected chi connectivity index (χ4v) is 3.64. The third kappa shape index (κ3) is 1.54. The van der Waals surface area contributed by atoms with E-state index in [1.54, 1.807) is 0 Å². The van der Waals surface area contributed by atoms with Crippen LogP contribution in [0.5, 0.6) is 0 Å². The highest BCUT2D eigenvalue weighted by molar-refractivity contribution is 5.55. The summed E-state index contributed by atoms with van der Waals surface area (Å²) in [6.07, 6.45) is -0.240. The van der Waals surface area contributed by atoms with Gasteiger partial charge in [0.15, 0.2) is 5.60 Å². The van der Waals surface area contributed by atoms with Crippen molar-refractivity contribution < 1.29 is 14.8 Å². The predicted molar refractivity (Wildman–Crippen MR) is 78.2 cm³/mol. The molecule has 3 aliphatic rings. The smallest absolute Gasteiger partial charge is 0.162 e. The van der Waals surface area contributed by atoms with Crippen LogP contribution in [-0.4, -0.2) is 0 Å². The Labute approximate surface area is 124 Å². The highest BCUT2D eigenvalue weighted by Gasteiger charge is 2.56. The molecule has 0 amide bonds. The summed E-state index contributed by atoms with van der Waals surface area (Å²) in [5, 5.41) is 5.18. The predicted octanol–water partition coefficient (Wildman–Crippen LogP) is 4.27. The van der Waals surface area contributed by atoms with Gasteiger partial charge in [-0.25, -0.2) is 0 Å². The van der Waals surface area contributed by atoms with Crippen molar-refractivity contribution in [2.45, 2.75) is 32.5 Å². The fraction of sp³-hybridized carbons (Fsp3) is 0.333. The number of hydrogen-bond acceptors (Lipinski definition) is 3. The van der Waals surface area contributed by atoms with Gasteiger partial charge in [0.25, 0.3) is 0 Å². The van der Waals surface area contributed by atoms with Crippen LogP contribution < -0.4 is 0 Å².